The maximum Gasteiger partial charge on any atom is 0.293 e. The molecule has 4 nitrogen and oxygen atoms in total. The maximum atomic E-state index is 13.0. The van der Waals surface area contributed by atoms with Crippen LogP contribution in [0.25, 0.3) is 6.08 Å². The Kier molecular flexibility index (Phi) is 5.24. The zero-order valence-electron chi connectivity index (χ0n) is 13.2. The van der Waals surface area contributed by atoms with Crippen LogP contribution in [0.2, 0.25) is 0 Å². The molecule has 1 fully saturated rings. The molecule has 1 heterocycles. The van der Waals surface area contributed by atoms with Gasteiger partial charge in [-0.3, -0.25) is 14.5 Å². The summed E-state index contributed by atoms with van der Waals surface area (Å²) in [4.78, 5) is 26.2. The van der Waals surface area contributed by atoms with Gasteiger partial charge in [0.2, 0.25) is 0 Å². The Morgan fingerprint density at radius 2 is 1.92 bits per heavy atom. The van der Waals surface area contributed by atoms with Crippen molar-refractivity contribution in [1.82, 2.24) is 4.90 Å². The molecule has 0 radical (unpaired) electrons. The van der Waals surface area contributed by atoms with Gasteiger partial charge in [-0.25, -0.2) is 4.39 Å². The number of carbonyl (C=O) groups is 2. The molecule has 0 aliphatic carbocycles. The molecule has 1 aliphatic heterocycles. The quantitative estimate of drug-likeness (QED) is 0.663. The van der Waals surface area contributed by atoms with E-state index >= 15 is 0 Å². The zero-order valence-corrected chi connectivity index (χ0v) is 15.6. The van der Waals surface area contributed by atoms with E-state index < -0.39 is 0 Å². The first-order valence-electron chi connectivity index (χ1n) is 7.31. The first kappa shape index (κ1) is 17.7. The fourth-order valence-corrected chi connectivity index (χ4v) is 3.58. The summed E-state index contributed by atoms with van der Waals surface area (Å²) in [6.07, 6.45) is 1.64. The number of amides is 2. The molecule has 0 bridgehead atoms. The van der Waals surface area contributed by atoms with Crippen LogP contribution >= 0.6 is 27.7 Å². The molecule has 0 spiro atoms. The SMILES string of the molecule is COc1ccc(Br)cc1/C=C1/SC(=O)N(Cc2ccc(F)cc2)C1=O. The fourth-order valence-electron chi connectivity index (χ4n) is 2.37. The molecule has 3 rings (SSSR count). The molecule has 7 heteroatoms. The third-order valence-electron chi connectivity index (χ3n) is 3.61. The van der Waals surface area contributed by atoms with Gasteiger partial charge in [0.25, 0.3) is 11.1 Å². The van der Waals surface area contributed by atoms with Crippen LogP contribution in [0.1, 0.15) is 11.1 Å². The lowest BCUT2D eigenvalue weighted by Crippen LogP contribution is -2.27. The van der Waals surface area contributed by atoms with Gasteiger partial charge in [-0.15, -0.1) is 0 Å². The molecule has 0 saturated carbocycles. The highest BCUT2D eigenvalue weighted by molar-refractivity contribution is 9.10. The minimum absolute atomic E-state index is 0.109. The van der Waals surface area contributed by atoms with Crippen molar-refractivity contribution in [2.45, 2.75) is 6.54 Å². The molecule has 2 amide bonds. The van der Waals surface area contributed by atoms with Crippen LogP contribution in [0.15, 0.2) is 51.8 Å². The molecule has 1 saturated heterocycles. The third kappa shape index (κ3) is 3.93. The molecule has 2 aromatic rings. The van der Waals surface area contributed by atoms with E-state index in [-0.39, 0.29) is 23.5 Å². The van der Waals surface area contributed by atoms with Gasteiger partial charge < -0.3 is 4.74 Å². The van der Waals surface area contributed by atoms with Crippen LogP contribution in [-0.4, -0.2) is 23.2 Å². The summed E-state index contributed by atoms with van der Waals surface area (Å²) in [7, 11) is 1.54. The van der Waals surface area contributed by atoms with Gasteiger partial charge in [-0.2, -0.15) is 0 Å². The van der Waals surface area contributed by atoms with Crippen molar-refractivity contribution in [3.63, 3.8) is 0 Å². The van der Waals surface area contributed by atoms with E-state index in [1.165, 1.54) is 12.1 Å². The molecular formula is C18H13BrFNO3S. The topological polar surface area (TPSA) is 46.6 Å². The standard InChI is InChI=1S/C18H13BrFNO3S/c1-24-15-7-4-13(19)8-12(15)9-16-17(22)21(18(23)25-16)10-11-2-5-14(20)6-3-11/h2-9H,10H2,1H3/b16-9+. The van der Waals surface area contributed by atoms with Gasteiger partial charge in [-0.1, -0.05) is 28.1 Å². The first-order chi connectivity index (χ1) is 12.0. The highest BCUT2D eigenvalue weighted by atomic mass is 79.9. The Morgan fingerprint density at radius 1 is 1.20 bits per heavy atom. The van der Waals surface area contributed by atoms with E-state index in [1.807, 2.05) is 12.1 Å². The lowest BCUT2D eigenvalue weighted by molar-refractivity contribution is -0.123. The summed E-state index contributed by atoms with van der Waals surface area (Å²) in [5.41, 5.74) is 1.38. The Labute approximate surface area is 156 Å². The fraction of sp³-hybridized carbons (Fsp3) is 0.111. The lowest BCUT2D eigenvalue weighted by Gasteiger charge is -2.12. The summed E-state index contributed by atoms with van der Waals surface area (Å²) in [5, 5.41) is -0.352. The third-order valence-corrected chi connectivity index (χ3v) is 5.01. The molecule has 2 aromatic carbocycles. The van der Waals surface area contributed by atoms with E-state index in [0.29, 0.717) is 21.8 Å². The van der Waals surface area contributed by atoms with Gasteiger partial charge in [0.15, 0.2) is 0 Å². The molecule has 25 heavy (non-hydrogen) atoms. The first-order valence-corrected chi connectivity index (χ1v) is 8.92. The Morgan fingerprint density at radius 3 is 2.60 bits per heavy atom. The van der Waals surface area contributed by atoms with Gasteiger partial charge in [0, 0.05) is 10.0 Å². The average molecular weight is 422 g/mol. The molecule has 0 aromatic heterocycles. The number of carbonyl (C=O) groups excluding carboxylic acids is 2. The van der Waals surface area contributed by atoms with Gasteiger partial charge in [-0.05, 0) is 53.7 Å². The largest absolute Gasteiger partial charge is 0.496 e. The van der Waals surface area contributed by atoms with Crippen molar-refractivity contribution < 1.29 is 18.7 Å². The van der Waals surface area contributed by atoms with E-state index in [2.05, 4.69) is 15.9 Å². The molecule has 128 valence electrons. The molecule has 0 atom stereocenters. The summed E-state index contributed by atoms with van der Waals surface area (Å²) >= 11 is 4.26. The molecular weight excluding hydrogens is 409 g/mol. The predicted octanol–water partition coefficient (Wildman–Crippen LogP) is 4.83. The number of rotatable bonds is 4. The van der Waals surface area contributed by atoms with Crippen molar-refractivity contribution in [1.29, 1.82) is 0 Å². The van der Waals surface area contributed by atoms with Crippen molar-refractivity contribution in [3.05, 3.63) is 68.8 Å². The smallest absolute Gasteiger partial charge is 0.293 e. The number of imide groups is 1. The summed E-state index contributed by atoms with van der Waals surface area (Å²) in [6.45, 7) is 0.109. The summed E-state index contributed by atoms with van der Waals surface area (Å²) in [5.74, 6) is -0.130. The summed E-state index contributed by atoms with van der Waals surface area (Å²) < 4.78 is 19.1. The van der Waals surface area contributed by atoms with E-state index in [9.17, 15) is 14.0 Å². The van der Waals surface area contributed by atoms with E-state index in [4.69, 9.17) is 4.74 Å². The lowest BCUT2D eigenvalue weighted by atomic mass is 10.1. The number of methoxy groups -OCH3 is 1. The number of halogens is 2. The van der Waals surface area contributed by atoms with Crippen molar-refractivity contribution in [2.75, 3.05) is 7.11 Å². The van der Waals surface area contributed by atoms with Crippen molar-refractivity contribution >= 4 is 44.9 Å². The van der Waals surface area contributed by atoms with Gasteiger partial charge >= 0.3 is 0 Å². The number of benzene rings is 2. The monoisotopic (exact) mass is 421 g/mol. The normalized spacial score (nSPS) is 16.0. The summed E-state index contributed by atoms with van der Waals surface area (Å²) in [6, 6.07) is 11.1. The highest BCUT2D eigenvalue weighted by Crippen LogP contribution is 2.35. The van der Waals surface area contributed by atoms with Crippen LogP contribution < -0.4 is 4.74 Å². The Bertz CT molecular complexity index is 867. The number of nitrogens with zero attached hydrogens (tertiary/aromatic N) is 1. The number of hydrogen-bond acceptors (Lipinski definition) is 4. The molecule has 0 N–H and O–H groups in total. The maximum absolute atomic E-state index is 13.0. The number of thioether (sulfide) groups is 1. The second-order valence-electron chi connectivity index (χ2n) is 5.28. The highest BCUT2D eigenvalue weighted by Gasteiger charge is 2.35. The van der Waals surface area contributed by atoms with Crippen LogP contribution in [-0.2, 0) is 11.3 Å². The second-order valence-corrected chi connectivity index (χ2v) is 7.19. The minimum Gasteiger partial charge on any atom is -0.496 e. The average Bonchev–Trinajstić information content (AvgIpc) is 2.84. The molecule has 1 aliphatic rings. The Hall–Kier alpha value is -2.12. The second kappa shape index (κ2) is 7.41. The van der Waals surface area contributed by atoms with E-state index in [1.54, 1.807) is 31.4 Å². The minimum atomic E-state index is -0.374. The number of hydrogen-bond donors (Lipinski definition) is 0. The molecule has 0 unspecified atom stereocenters. The van der Waals surface area contributed by atoms with Gasteiger partial charge in [0.05, 0.1) is 18.6 Å². The van der Waals surface area contributed by atoms with Crippen LogP contribution in [0.3, 0.4) is 0 Å². The Balaban J connectivity index is 1.86. The zero-order chi connectivity index (χ0) is 18.0. The predicted molar refractivity (Wildman–Crippen MR) is 98.6 cm³/mol. The van der Waals surface area contributed by atoms with Crippen LogP contribution in [0.4, 0.5) is 9.18 Å². The van der Waals surface area contributed by atoms with Crippen LogP contribution in [0.5, 0.6) is 5.75 Å². The van der Waals surface area contributed by atoms with Gasteiger partial charge in [0.1, 0.15) is 11.6 Å². The van der Waals surface area contributed by atoms with Crippen molar-refractivity contribution in [3.8, 4) is 5.75 Å². The number of ether oxygens (including phenoxy) is 1. The van der Waals surface area contributed by atoms with Crippen molar-refractivity contribution in [2.24, 2.45) is 0 Å². The van der Waals surface area contributed by atoms with E-state index in [0.717, 1.165) is 21.1 Å². The van der Waals surface area contributed by atoms with Crippen LogP contribution in [0, 0.1) is 5.82 Å².